The van der Waals surface area contributed by atoms with Crippen LogP contribution < -0.4 is 14.8 Å². The minimum absolute atomic E-state index is 0. The molecular weight excluding hydrogens is 292 g/mol. The highest BCUT2D eigenvalue weighted by Crippen LogP contribution is 2.27. The van der Waals surface area contributed by atoms with Crippen LogP contribution in [0.3, 0.4) is 0 Å². The van der Waals surface area contributed by atoms with Crippen molar-refractivity contribution in [1.82, 2.24) is 10.3 Å². The van der Waals surface area contributed by atoms with E-state index in [0.717, 1.165) is 5.56 Å². The zero-order valence-corrected chi connectivity index (χ0v) is 12.6. The topological polar surface area (TPSA) is 60.5 Å². The summed E-state index contributed by atoms with van der Waals surface area (Å²) in [4.78, 5) is 16.0. The molecule has 1 heterocycles. The minimum atomic E-state index is -0.164. The van der Waals surface area contributed by atoms with Crippen LogP contribution in [0.25, 0.3) is 0 Å². The van der Waals surface area contributed by atoms with Crippen molar-refractivity contribution in [3.63, 3.8) is 0 Å². The molecule has 2 rings (SSSR count). The van der Waals surface area contributed by atoms with E-state index in [-0.39, 0.29) is 18.3 Å². The fourth-order valence-corrected chi connectivity index (χ4v) is 1.76. The molecule has 6 heteroatoms. The number of carbonyl (C=O) groups excluding carboxylic acids is 1. The van der Waals surface area contributed by atoms with Gasteiger partial charge in [0, 0.05) is 24.5 Å². The molecule has 0 saturated heterocycles. The number of nitrogens with zero attached hydrogens (tertiary/aromatic N) is 1. The first-order chi connectivity index (χ1) is 9.74. The number of aromatic nitrogens is 1. The molecular formula is C15H17ClN2O3. The van der Waals surface area contributed by atoms with E-state index in [1.807, 2.05) is 12.1 Å². The number of hydrogen-bond acceptors (Lipinski definition) is 4. The monoisotopic (exact) mass is 308 g/mol. The van der Waals surface area contributed by atoms with Gasteiger partial charge >= 0.3 is 0 Å². The Hall–Kier alpha value is -2.27. The average molecular weight is 309 g/mol. The van der Waals surface area contributed by atoms with Gasteiger partial charge in [0.2, 0.25) is 0 Å². The van der Waals surface area contributed by atoms with Crippen molar-refractivity contribution in [1.29, 1.82) is 0 Å². The second-order valence-corrected chi connectivity index (χ2v) is 4.11. The van der Waals surface area contributed by atoms with E-state index in [9.17, 15) is 4.79 Å². The van der Waals surface area contributed by atoms with Crippen LogP contribution in [-0.2, 0) is 6.54 Å². The molecule has 0 saturated carbocycles. The van der Waals surface area contributed by atoms with Crippen LogP contribution in [0.1, 0.15) is 15.9 Å². The predicted molar refractivity (Wildman–Crippen MR) is 82.2 cm³/mol. The Kier molecular flexibility index (Phi) is 6.49. The van der Waals surface area contributed by atoms with E-state index in [4.69, 9.17) is 9.47 Å². The van der Waals surface area contributed by atoms with Gasteiger partial charge in [-0.1, -0.05) is 0 Å². The standard InChI is InChI=1S/C15H16N2O3.ClH/c1-19-13-4-3-12(9-14(13)20-2)15(18)17-10-11-5-7-16-8-6-11;/h3-9H,10H2,1-2H3,(H,17,18);1H. The van der Waals surface area contributed by atoms with Gasteiger partial charge < -0.3 is 14.8 Å². The zero-order valence-electron chi connectivity index (χ0n) is 11.8. The van der Waals surface area contributed by atoms with Gasteiger partial charge in [0.1, 0.15) is 0 Å². The molecule has 2 aromatic rings. The highest BCUT2D eigenvalue weighted by molar-refractivity contribution is 5.94. The fraction of sp³-hybridized carbons (Fsp3) is 0.200. The molecule has 0 atom stereocenters. The van der Waals surface area contributed by atoms with Gasteiger partial charge in [-0.3, -0.25) is 9.78 Å². The van der Waals surface area contributed by atoms with Crippen molar-refractivity contribution in [2.24, 2.45) is 0 Å². The first-order valence-electron chi connectivity index (χ1n) is 6.13. The third kappa shape index (κ3) is 4.36. The minimum Gasteiger partial charge on any atom is -0.493 e. The summed E-state index contributed by atoms with van der Waals surface area (Å²) in [7, 11) is 3.09. The number of carbonyl (C=O) groups is 1. The third-order valence-electron chi connectivity index (χ3n) is 2.85. The van der Waals surface area contributed by atoms with E-state index < -0.39 is 0 Å². The largest absolute Gasteiger partial charge is 0.493 e. The lowest BCUT2D eigenvalue weighted by molar-refractivity contribution is 0.0950. The van der Waals surface area contributed by atoms with Gasteiger partial charge in [0.05, 0.1) is 14.2 Å². The van der Waals surface area contributed by atoms with Crippen LogP contribution in [0.2, 0.25) is 0 Å². The van der Waals surface area contributed by atoms with Crippen LogP contribution >= 0.6 is 12.4 Å². The van der Waals surface area contributed by atoms with Crippen molar-refractivity contribution < 1.29 is 14.3 Å². The molecule has 1 aromatic carbocycles. The maximum atomic E-state index is 12.1. The molecule has 1 N–H and O–H groups in total. The number of ether oxygens (including phenoxy) is 2. The van der Waals surface area contributed by atoms with Gasteiger partial charge in [-0.2, -0.15) is 0 Å². The Labute approximate surface area is 129 Å². The number of pyridine rings is 1. The van der Waals surface area contributed by atoms with Crippen molar-refractivity contribution in [2.45, 2.75) is 6.54 Å². The summed E-state index contributed by atoms with van der Waals surface area (Å²) in [6.07, 6.45) is 3.38. The van der Waals surface area contributed by atoms with E-state index in [0.29, 0.717) is 23.6 Å². The van der Waals surface area contributed by atoms with E-state index in [2.05, 4.69) is 10.3 Å². The smallest absolute Gasteiger partial charge is 0.251 e. The second kappa shape index (κ2) is 8.11. The van der Waals surface area contributed by atoms with Crippen LogP contribution in [0.4, 0.5) is 0 Å². The molecule has 0 fully saturated rings. The van der Waals surface area contributed by atoms with Gasteiger partial charge in [-0.05, 0) is 35.9 Å². The maximum absolute atomic E-state index is 12.1. The van der Waals surface area contributed by atoms with Crippen LogP contribution in [0, 0.1) is 0 Å². The summed E-state index contributed by atoms with van der Waals surface area (Å²) in [6, 6.07) is 8.77. The molecule has 112 valence electrons. The molecule has 1 aromatic heterocycles. The summed E-state index contributed by atoms with van der Waals surface area (Å²) in [5.41, 5.74) is 1.52. The van der Waals surface area contributed by atoms with E-state index in [1.54, 1.807) is 37.7 Å². The van der Waals surface area contributed by atoms with Gasteiger partial charge in [-0.15, -0.1) is 12.4 Å². The molecule has 0 radical (unpaired) electrons. The molecule has 21 heavy (non-hydrogen) atoms. The third-order valence-corrected chi connectivity index (χ3v) is 2.85. The highest BCUT2D eigenvalue weighted by atomic mass is 35.5. The maximum Gasteiger partial charge on any atom is 0.251 e. The van der Waals surface area contributed by atoms with Crippen LogP contribution in [0.5, 0.6) is 11.5 Å². The highest BCUT2D eigenvalue weighted by Gasteiger charge is 2.10. The number of amides is 1. The number of methoxy groups -OCH3 is 2. The Morgan fingerprint density at radius 3 is 2.38 bits per heavy atom. The molecule has 0 unspecified atom stereocenters. The number of benzene rings is 1. The Morgan fingerprint density at radius 1 is 1.10 bits per heavy atom. The number of rotatable bonds is 5. The molecule has 0 aliphatic rings. The van der Waals surface area contributed by atoms with Crippen molar-refractivity contribution in [3.05, 3.63) is 53.9 Å². The first-order valence-corrected chi connectivity index (χ1v) is 6.13. The summed E-state index contributed by atoms with van der Waals surface area (Å²) >= 11 is 0. The van der Waals surface area contributed by atoms with Crippen LogP contribution in [0.15, 0.2) is 42.7 Å². The predicted octanol–water partition coefficient (Wildman–Crippen LogP) is 2.45. The number of halogens is 1. The number of hydrogen-bond donors (Lipinski definition) is 1. The Morgan fingerprint density at radius 2 is 1.76 bits per heavy atom. The quantitative estimate of drug-likeness (QED) is 0.921. The molecule has 5 nitrogen and oxygen atoms in total. The van der Waals surface area contributed by atoms with Gasteiger partial charge in [-0.25, -0.2) is 0 Å². The van der Waals surface area contributed by atoms with Crippen molar-refractivity contribution in [2.75, 3.05) is 14.2 Å². The molecule has 0 bridgehead atoms. The number of nitrogens with one attached hydrogen (secondary N) is 1. The first kappa shape index (κ1) is 16.8. The van der Waals surface area contributed by atoms with Crippen LogP contribution in [-0.4, -0.2) is 25.1 Å². The lowest BCUT2D eigenvalue weighted by Gasteiger charge is -2.10. The molecule has 0 aliphatic heterocycles. The van der Waals surface area contributed by atoms with Crippen molar-refractivity contribution in [3.8, 4) is 11.5 Å². The molecule has 1 amide bonds. The summed E-state index contributed by atoms with van der Waals surface area (Å²) in [5, 5.41) is 2.84. The normalized spacial score (nSPS) is 9.43. The SMILES string of the molecule is COc1ccc(C(=O)NCc2ccncc2)cc1OC.Cl. The second-order valence-electron chi connectivity index (χ2n) is 4.11. The van der Waals surface area contributed by atoms with Gasteiger partial charge in [0.25, 0.3) is 5.91 Å². The fourth-order valence-electron chi connectivity index (χ4n) is 1.76. The molecule has 0 aliphatic carbocycles. The summed E-state index contributed by atoms with van der Waals surface area (Å²) < 4.78 is 10.3. The van der Waals surface area contributed by atoms with Gasteiger partial charge in [0.15, 0.2) is 11.5 Å². The zero-order chi connectivity index (χ0) is 14.4. The average Bonchev–Trinajstić information content (AvgIpc) is 2.52. The molecule has 0 spiro atoms. The van der Waals surface area contributed by atoms with E-state index >= 15 is 0 Å². The Balaban J connectivity index is 0.00000220. The summed E-state index contributed by atoms with van der Waals surface area (Å²) in [5.74, 6) is 0.963. The summed E-state index contributed by atoms with van der Waals surface area (Å²) in [6.45, 7) is 0.454. The Bertz CT molecular complexity index is 591. The van der Waals surface area contributed by atoms with Crippen molar-refractivity contribution >= 4 is 18.3 Å². The lowest BCUT2D eigenvalue weighted by Crippen LogP contribution is -2.22. The van der Waals surface area contributed by atoms with E-state index in [1.165, 1.54) is 7.11 Å². The lowest BCUT2D eigenvalue weighted by atomic mass is 10.2.